The van der Waals surface area contributed by atoms with E-state index in [1.807, 2.05) is 56.3 Å². The molecule has 2 heterocycles. The molecule has 0 unspecified atom stereocenters. The van der Waals surface area contributed by atoms with Crippen molar-refractivity contribution < 1.29 is 33.3 Å². The number of carbonyl (C=O) groups is 2. The number of rotatable bonds is 9. The maximum Gasteiger partial charge on any atom is 0.336 e. The molecule has 8 heteroatoms. The van der Waals surface area contributed by atoms with Crippen LogP contribution < -0.4 is 19.5 Å². The van der Waals surface area contributed by atoms with Crippen molar-refractivity contribution in [3.05, 3.63) is 76.1 Å². The van der Waals surface area contributed by atoms with Crippen molar-refractivity contribution in [3.63, 3.8) is 0 Å². The van der Waals surface area contributed by atoms with Gasteiger partial charge in [-0.1, -0.05) is 18.2 Å². The van der Waals surface area contributed by atoms with Gasteiger partial charge in [0.05, 0.1) is 38.4 Å². The summed E-state index contributed by atoms with van der Waals surface area (Å²) in [7, 11) is 3.25. The van der Waals surface area contributed by atoms with Crippen molar-refractivity contribution >= 4 is 11.8 Å². The monoisotopic (exact) mass is 547 g/mol. The van der Waals surface area contributed by atoms with Gasteiger partial charge in [0.25, 0.3) is 0 Å². The lowest BCUT2D eigenvalue weighted by molar-refractivity contribution is -0.142. The summed E-state index contributed by atoms with van der Waals surface area (Å²) in [6, 6.07) is 13.2. The number of esters is 1. The molecule has 2 aromatic carbocycles. The zero-order valence-corrected chi connectivity index (χ0v) is 23.6. The lowest BCUT2D eigenvalue weighted by Gasteiger charge is -2.37. The van der Waals surface area contributed by atoms with Gasteiger partial charge in [-0.25, -0.2) is 4.79 Å². The van der Waals surface area contributed by atoms with E-state index in [4.69, 9.17) is 23.7 Å². The summed E-state index contributed by atoms with van der Waals surface area (Å²) < 4.78 is 28.5. The molecule has 2 aromatic rings. The van der Waals surface area contributed by atoms with Gasteiger partial charge in [0, 0.05) is 47.0 Å². The molecular formula is C32H37NO7. The van der Waals surface area contributed by atoms with Crippen LogP contribution in [0.4, 0.5) is 0 Å². The summed E-state index contributed by atoms with van der Waals surface area (Å²) in [5.41, 5.74) is 4.16. The number of hydrogen-bond acceptors (Lipinski definition) is 8. The number of ether oxygens (including phenoxy) is 5. The summed E-state index contributed by atoms with van der Waals surface area (Å²) in [6.07, 6.45) is 2.57. The molecule has 0 spiro atoms. The summed E-state index contributed by atoms with van der Waals surface area (Å²) in [4.78, 5) is 27.7. The van der Waals surface area contributed by atoms with Crippen LogP contribution >= 0.6 is 0 Å². The molecule has 212 valence electrons. The molecule has 0 radical (unpaired) electrons. The van der Waals surface area contributed by atoms with Crippen LogP contribution in [-0.2, 0) is 19.1 Å². The Morgan fingerprint density at radius 3 is 2.60 bits per heavy atom. The fourth-order valence-corrected chi connectivity index (χ4v) is 6.03. The third-order valence-corrected chi connectivity index (χ3v) is 7.88. The van der Waals surface area contributed by atoms with E-state index in [0.717, 1.165) is 29.7 Å². The Morgan fingerprint density at radius 2 is 1.88 bits per heavy atom. The third-order valence-electron chi connectivity index (χ3n) is 7.88. The number of hydrogen-bond donors (Lipinski definition) is 1. The van der Waals surface area contributed by atoms with Crippen molar-refractivity contribution in [2.24, 2.45) is 0 Å². The van der Waals surface area contributed by atoms with E-state index >= 15 is 0 Å². The maximum atomic E-state index is 14.1. The minimum Gasteiger partial charge on any atom is -0.497 e. The molecule has 0 amide bonds. The summed E-state index contributed by atoms with van der Waals surface area (Å²) in [5.74, 6) is 0.844. The topological polar surface area (TPSA) is 92.3 Å². The standard InChI is InChI=1S/C32H37NO7/c1-5-38-28-11-7-6-10-23(28)30-29(32(35)40-18-22-9-8-14-39-22)19(2)33-25-15-20(16-26(34)31(25)30)24-17-21(36-3)12-13-27(24)37-4/h6-7,10-13,17,20,22,30,33H,5,8-9,14-16,18H2,1-4H3/t20-,22-,30-/m1/s1. The largest absolute Gasteiger partial charge is 0.497 e. The van der Waals surface area contributed by atoms with Gasteiger partial charge in [0.2, 0.25) is 0 Å². The average Bonchev–Trinajstić information content (AvgIpc) is 3.49. The van der Waals surface area contributed by atoms with Crippen LogP contribution in [-0.4, -0.2) is 51.9 Å². The first-order chi connectivity index (χ1) is 19.4. The Morgan fingerprint density at radius 1 is 1.05 bits per heavy atom. The van der Waals surface area contributed by atoms with Gasteiger partial charge in [-0.05, 0) is 57.4 Å². The Hall–Kier alpha value is -3.78. The predicted octanol–water partition coefficient (Wildman–Crippen LogP) is 5.19. The van der Waals surface area contributed by atoms with Gasteiger partial charge in [-0.3, -0.25) is 4.79 Å². The number of nitrogens with one attached hydrogen (secondary N) is 1. The molecule has 0 aromatic heterocycles. The van der Waals surface area contributed by atoms with Gasteiger partial charge in [-0.2, -0.15) is 0 Å². The first kappa shape index (κ1) is 27.8. The molecule has 0 bridgehead atoms. The Balaban J connectivity index is 1.55. The smallest absolute Gasteiger partial charge is 0.336 e. The van der Waals surface area contributed by atoms with Crippen molar-refractivity contribution in [3.8, 4) is 17.2 Å². The highest BCUT2D eigenvalue weighted by molar-refractivity contribution is 6.04. The normalized spacial score (nSPS) is 22.5. The molecule has 5 rings (SSSR count). The van der Waals surface area contributed by atoms with E-state index in [0.29, 0.717) is 53.7 Å². The molecule has 1 N–H and O–H groups in total. The maximum absolute atomic E-state index is 14.1. The number of ketones is 1. The molecule has 3 aliphatic rings. The minimum absolute atomic E-state index is 0.0307. The number of allylic oxidation sites excluding steroid dienone is 3. The van der Waals surface area contributed by atoms with Crippen LogP contribution in [0.3, 0.4) is 0 Å². The highest BCUT2D eigenvalue weighted by Crippen LogP contribution is 2.49. The van der Waals surface area contributed by atoms with Crippen LogP contribution in [0.2, 0.25) is 0 Å². The van der Waals surface area contributed by atoms with Gasteiger partial charge < -0.3 is 29.0 Å². The van der Waals surface area contributed by atoms with Gasteiger partial charge in [0.1, 0.15) is 23.9 Å². The van der Waals surface area contributed by atoms with E-state index in [-0.39, 0.29) is 30.8 Å². The number of benzene rings is 2. The second kappa shape index (κ2) is 12.2. The molecule has 1 saturated heterocycles. The quantitative estimate of drug-likeness (QED) is 0.429. The van der Waals surface area contributed by atoms with Gasteiger partial charge >= 0.3 is 5.97 Å². The van der Waals surface area contributed by atoms with E-state index < -0.39 is 11.9 Å². The molecule has 2 aliphatic heterocycles. The summed E-state index contributed by atoms with van der Waals surface area (Å²) in [6.45, 7) is 5.11. The summed E-state index contributed by atoms with van der Waals surface area (Å²) in [5, 5.41) is 3.42. The lowest BCUT2D eigenvalue weighted by Crippen LogP contribution is -2.36. The Bertz CT molecular complexity index is 1340. The van der Waals surface area contributed by atoms with E-state index in [9.17, 15) is 9.59 Å². The number of methoxy groups -OCH3 is 2. The zero-order chi connectivity index (χ0) is 28.2. The van der Waals surface area contributed by atoms with Gasteiger partial charge in [-0.15, -0.1) is 0 Å². The second-order valence-electron chi connectivity index (χ2n) is 10.3. The average molecular weight is 548 g/mol. The van der Waals surface area contributed by atoms with Crippen LogP contribution in [0.15, 0.2) is 65.0 Å². The van der Waals surface area contributed by atoms with Crippen LogP contribution in [0.1, 0.15) is 62.5 Å². The third kappa shape index (κ3) is 5.45. The highest BCUT2D eigenvalue weighted by atomic mass is 16.6. The predicted molar refractivity (Wildman–Crippen MR) is 150 cm³/mol. The van der Waals surface area contributed by atoms with E-state index in [1.165, 1.54) is 0 Å². The molecule has 3 atom stereocenters. The minimum atomic E-state index is -0.614. The zero-order valence-electron chi connectivity index (χ0n) is 23.6. The van der Waals surface area contributed by atoms with Crippen molar-refractivity contribution in [1.29, 1.82) is 0 Å². The van der Waals surface area contributed by atoms with Gasteiger partial charge in [0.15, 0.2) is 5.78 Å². The molecular weight excluding hydrogens is 510 g/mol. The van der Waals surface area contributed by atoms with Crippen molar-refractivity contribution in [2.75, 3.05) is 34.0 Å². The number of para-hydroxylation sites is 1. The fourth-order valence-electron chi connectivity index (χ4n) is 6.03. The van der Waals surface area contributed by atoms with E-state index in [2.05, 4.69) is 5.32 Å². The van der Waals surface area contributed by atoms with Crippen LogP contribution in [0.25, 0.3) is 0 Å². The molecule has 1 fully saturated rings. The Kier molecular flexibility index (Phi) is 8.45. The first-order valence-corrected chi connectivity index (χ1v) is 13.9. The van der Waals surface area contributed by atoms with Crippen LogP contribution in [0, 0.1) is 0 Å². The second-order valence-corrected chi connectivity index (χ2v) is 10.3. The highest BCUT2D eigenvalue weighted by Gasteiger charge is 2.43. The van der Waals surface area contributed by atoms with Crippen molar-refractivity contribution in [1.82, 2.24) is 5.32 Å². The fraction of sp³-hybridized carbons (Fsp3) is 0.438. The number of dihydropyridines is 1. The molecule has 0 saturated carbocycles. The summed E-state index contributed by atoms with van der Waals surface area (Å²) >= 11 is 0. The SMILES string of the molecule is CCOc1ccccc1[C@@H]1C(C(=O)OC[C@H]2CCCO2)=C(C)NC2=C1C(=O)C[C@H](c1cc(OC)ccc1OC)C2. The lowest BCUT2D eigenvalue weighted by atomic mass is 9.71. The first-order valence-electron chi connectivity index (χ1n) is 13.9. The van der Waals surface area contributed by atoms with E-state index in [1.54, 1.807) is 14.2 Å². The molecule has 1 aliphatic carbocycles. The Labute approximate surface area is 235 Å². The number of Topliss-reactive ketones (excluding diaryl/α,β-unsaturated/α-hetero) is 1. The molecule has 8 nitrogen and oxygen atoms in total. The van der Waals surface area contributed by atoms with Crippen LogP contribution in [0.5, 0.6) is 17.2 Å². The molecule has 40 heavy (non-hydrogen) atoms. The number of carbonyl (C=O) groups excluding carboxylic acids is 2. The van der Waals surface area contributed by atoms with Crippen molar-refractivity contribution in [2.45, 2.75) is 57.5 Å².